The van der Waals surface area contributed by atoms with Gasteiger partial charge in [-0.05, 0) is 32.3 Å². The molecule has 0 unspecified atom stereocenters. The molecule has 4 nitrogen and oxygen atoms in total. The number of unbranched alkanes of at least 4 members (excludes halogenated alkanes) is 2. The van der Waals surface area contributed by atoms with Crippen LogP contribution in [0, 0.1) is 0 Å². The maximum absolute atomic E-state index is 11.0. The topological polar surface area (TPSA) is 55.4 Å². The zero-order valence-electron chi connectivity index (χ0n) is 9.75. The van der Waals surface area contributed by atoms with Gasteiger partial charge >= 0.3 is 5.97 Å². The smallest absolute Gasteiger partial charge is 0.333 e. The number of carbonyl (C=O) groups is 2. The average molecular weight is 225 g/mol. The van der Waals surface area contributed by atoms with Crippen molar-refractivity contribution < 1.29 is 14.3 Å². The molecule has 16 heavy (non-hydrogen) atoms. The highest BCUT2D eigenvalue weighted by Crippen LogP contribution is 1.98. The summed E-state index contributed by atoms with van der Waals surface area (Å²) in [5.74, 6) is -0.506. The van der Waals surface area contributed by atoms with Crippen molar-refractivity contribution in [3.63, 3.8) is 0 Å². The van der Waals surface area contributed by atoms with Crippen LogP contribution in [-0.4, -0.2) is 25.0 Å². The Morgan fingerprint density at radius 2 is 2.00 bits per heavy atom. The van der Waals surface area contributed by atoms with Crippen LogP contribution in [0.25, 0.3) is 0 Å². The summed E-state index contributed by atoms with van der Waals surface area (Å²) >= 11 is 0. The number of carbonyl (C=O) groups excluding carboxylic acids is 2. The van der Waals surface area contributed by atoms with Crippen LogP contribution >= 0.6 is 0 Å². The molecule has 0 fully saturated rings. The van der Waals surface area contributed by atoms with Gasteiger partial charge in [0.25, 0.3) is 0 Å². The number of nitrogens with one attached hydrogen (secondary N) is 1. The molecule has 0 radical (unpaired) electrons. The average Bonchev–Trinajstić information content (AvgIpc) is 2.26. The first-order valence-corrected chi connectivity index (χ1v) is 5.31. The van der Waals surface area contributed by atoms with Crippen LogP contribution in [0.4, 0.5) is 0 Å². The van der Waals surface area contributed by atoms with Gasteiger partial charge < -0.3 is 10.1 Å². The molecular formula is C12H19NO3. The third-order valence-electron chi connectivity index (χ3n) is 1.89. The van der Waals surface area contributed by atoms with Crippen molar-refractivity contribution in [1.82, 2.24) is 5.32 Å². The maximum atomic E-state index is 11.0. The van der Waals surface area contributed by atoms with E-state index in [9.17, 15) is 9.59 Å². The number of hydrogen-bond donors (Lipinski definition) is 1. The lowest BCUT2D eigenvalue weighted by atomic mass is 10.2. The molecule has 0 heterocycles. The van der Waals surface area contributed by atoms with E-state index in [0.717, 1.165) is 19.3 Å². The number of ether oxygens (including phenoxy) is 1. The molecule has 1 amide bonds. The Kier molecular flexibility index (Phi) is 7.85. The van der Waals surface area contributed by atoms with Crippen molar-refractivity contribution >= 4 is 11.9 Å². The SMILES string of the molecule is C=CC(=O)NCCCCCOC(=O)C(=C)C. The molecular weight excluding hydrogens is 206 g/mol. The quantitative estimate of drug-likeness (QED) is 0.387. The van der Waals surface area contributed by atoms with Crippen molar-refractivity contribution in [2.45, 2.75) is 26.2 Å². The number of esters is 1. The van der Waals surface area contributed by atoms with Gasteiger partial charge in [0.05, 0.1) is 6.61 Å². The number of rotatable bonds is 8. The molecule has 0 saturated heterocycles. The normalized spacial score (nSPS) is 9.31. The van der Waals surface area contributed by atoms with Crippen LogP contribution in [0.2, 0.25) is 0 Å². The Labute approximate surface area is 96.4 Å². The Bertz CT molecular complexity index is 271. The summed E-state index contributed by atoms with van der Waals surface area (Å²) in [6.07, 6.45) is 3.81. The summed E-state index contributed by atoms with van der Waals surface area (Å²) in [6.45, 7) is 9.47. The monoisotopic (exact) mass is 225 g/mol. The van der Waals surface area contributed by atoms with Crippen LogP contribution in [0.3, 0.4) is 0 Å². The molecule has 1 N–H and O–H groups in total. The molecule has 0 spiro atoms. The second-order valence-electron chi connectivity index (χ2n) is 3.47. The van der Waals surface area contributed by atoms with Crippen LogP contribution < -0.4 is 5.32 Å². The minimum Gasteiger partial charge on any atom is -0.462 e. The van der Waals surface area contributed by atoms with Gasteiger partial charge in [-0.25, -0.2) is 4.79 Å². The Morgan fingerprint density at radius 1 is 1.31 bits per heavy atom. The Hall–Kier alpha value is -1.58. The van der Waals surface area contributed by atoms with Gasteiger partial charge in [-0.1, -0.05) is 13.2 Å². The maximum Gasteiger partial charge on any atom is 0.333 e. The Balaban J connectivity index is 3.28. The molecule has 4 heteroatoms. The van der Waals surface area contributed by atoms with E-state index in [-0.39, 0.29) is 11.9 Å². The van der Waals surface area contributed by atoms with Gasteiger partial charge in [0.1, 0.15) is 0 Å². The fourth-order valence-electron chi connectivity index (χ4n) is 0.976. The predicted molar refractivity (Wildman–Crippen MR) is 62.8 cm³/mol. The second-order valence-corrected chi connectivity index (χ2v) is 3.47. The van der Waals surface area contributed by atoms with E-state index in [4.69, 9.17) is 4.74 Å². The van der Waals surface area contributed by atoms with E-state index < -0.39 is 0 Å². The standard InChI is InChI=1S/C12H19NO3/c1-4-11(14)13-8-6-5-7-9-16-12(15)10(2)3/h4H,1-2,5-9H2,3H3,(H,13,14). The van der Waals surface area contributed by atoms with Crippen molar-refractivity contribution in [2.24, 2.45) is 0 Å². The lowest BCUT2D eigenvalue weighted by molar-refractivity contribution is -0.139. The van der Waals surface area contributed by atoms with Crippen molar-refractivity contribution in [3.8, 4) is 0 Å². The third kappa shape index (κ3) is 7.79. The summed E-state index contributed by atoms with van der Waals surface area (Å²) < 4.78 is 4.91. The molecule has 0 saturated carbocycles. The zero-order valence-corrected chi connectivity index (χ0v) is 9.75. The molecule has 0 rings (SSSR count). The molecule has 0 aromatic rings. The summed E-state index contributed by atoms with van der Waals surface area (Å²) in [7, 11) is 0. The predicted octanol–water partition coefficient (Wildman–Crippen LogP) is 1.58. The minimum absolute atomic E-state index is 0.159. The molecule has 0 aliphatic carbocycles. The van der Waals surface area contributed by atoms with E-state index in [1.807, 2.05) is 0 Å². The first kappa shape index (κ1) is 14.4. The van der Waals surface area contributed by atoms with Crippen molar-refractivity contribution in [3.05, 3.63) is 24.8 Å². The van der Waals surface area contributed by atoms with Crippen LogP contribution in [0.5, 0.6) is 0 Å². The molecule has 0 atom stereocenters. The summed E-state index contributed by atoms with van der Waals surface area (Å²) in [6, 6.07) is 0. The van der Waals surface area contributed by atoms with Gasteiger partial charge in [-0.2, -0.15) is 0 Å². The van der Waals surface area contributed by atoms with E-state index in [1.54, 1.807) is 6.92 Å². The fraction of sp³-hybridized carbons (Fsp3) is 0.500. The lowest BCUT2D eigenvalue weighted by Gasteiger charge is -2.04. The summed E-state index contributed by atoms with van der Waals surface area (Å²) in [5, 5.41) is 2.67. The van der Waals surface area contributed by atoms with E-state index in [1.165, 1.54) is 6.08 Å². The van der Waals surface area contributed by atoms with Gasteiger partial charge in [-0.3, -0.25) is 4.79 Å². The highest BCUT2D eigenvalue weighted by atomic mass is 16.5. The molecule has 0 aromatic carbocycles. The highest BCUT2D eigenvalue weighted by Gasteiger charge is 2.01. The summed E-state index contributed by atoms with van der Waals surface area (Å²) in [4.78, 5) is 21.7. The van der Waals surface area contributed by atoms with Gasteiger partial charge in [0.15, 0.2) is 0 Å². The van der Waals surface area contributed by atoms with Crippen molar-refractivity contribution in [2.75, 3.05) is 13.2 Å². The molecule has 90 valence electrons. The van der Waals surface area contributed by atoms with Gasteiger partial charge in [0.2, 0.25) is 5.91 Å². The van der Waals surface area contributed by atoms with Crippen LogP contribution in [0.15, 0.2) is 24.8 Å². The second kappa shape index (κ2) is 8.71. The Morgan fingerprint density at radius 3 is 2.56 bits per heavy atom. The minimum atomic E-state index is -0.347. The largest absolute Gasteiger partial charge is 0.462 e. The van der Waals surface area contributed by atoms with Gasteiger partial charge in [-0.15, -0.1) is 0 Å². The van der Waals surface area contributed by atoms with Crippen LogP contribution in [-0.2, 0) is 14.3 Å². The molecule has 0 bridgehead atoms. The number of amides is 1. The van der Waals surface area contributed by atoms with E-state index >= 15 is 0 Å². The van der Waals surface area contributed by atoms with Gasteiger partial charge in [0, 0.05) is 12.1 Å². The first-order valence-electron chi connectivity index (χ1n) is 5.31. The molecule has 0 aliphatic heterocycles. The molecule has 0 aliphatic rings. The van der Waals surface area contributed by atoms with E-state index in [2.05, 4.69) is 18.5 Å². The van der Waals surface area contributed by atoms with Crippen LogP contribution in [0.1, 0.15) is 26.2 Å². The third-order valence-corrected chi connectivity index (χ3v) is 1.89. The molecule has 0 aromatic heterocycles. The van der Waals surface area contributed by atoms with E-state index in [0.29, 0.717) is 18.7 Å². The zero-order chi connectivity index (χ0) is 12.4. The highest BCUT2D eigenvalue weighted by molar-refractivity contribution is 5.87. The first-order chi connectivity index (χ1) is 7.57. The lowest BCUT2D eigenvalue weighted by Crippen LogP contribution is -2.21. The fourth-order valence-corrected chi connectivity index (χ4v) is 0.976. The van der Waals surface area contributed by atoms with Crippen molar-refractivity contribution in [1.29, 1.82) is 0 Å². The summed E-state index contributed by atoms with van der Waals surface area (Å²) in [5.41, 5.74) is 0.415. The number of hydrogen-bond acceptors (Lipinski definition) is 3.